The summed E-state index contributed by atoms with van der Waals surface area (Å²) in [6, 6.07) is 6.29. The van der Waals surface area contributed by atoms with Gasteiger partial charge >= 0.3 is 0 Å². The van der Waals surface area contributed by atoms with Gasteiger partial charge in [0, 0.05) is 19.6 Å². The largest absolute Gasteiger partial charge is 0.341 e. The normalized spacial score (nSPS) is 20.7. The summed E-state index contributed by atoms with van der Waals surface area (Å²) in [6.07, 6.45) is 1.18. The Labute approximate surface area is 174 Å². The SMILES string of the molecule is CCn1c(=NC(=O)CSCC(=O)N2C[C@H](C)C[C@@H](C)C2)sc2cc(C)ccc21. The summed E-state index contributed by atoms with van der Waals surface area (Å²) in [5, 5.41) is 0. The van der Waals surface area contributed by atoms with Gasteiger partial charge < -0.3 is 9.47 Å². The number of fused-ring (bicyclic) bond motifs is 1. The number of nitrogens with zero attached hydrogens (tertiary/aromatic N) is 3. The molecule has 2 amide bonds. The van der Waals surface area contributed by atoms with Crippen molar-refractivity contribution in [3.05, 3.63) is 28.6 Å². The van der Waals surface area contributed by atoms with Gasteiger partial charge in [-0.05, 0) is 49.8 Å². The molecule has 1 saturated heterocycles. The molecule has 2 aromatic rings. The average Bonchev–Trinajstić information content (AvgIpc) is 2.96. The summed E-state index contributed by atoms with van der Waals surface area (Å²) in [4.78, 5) is 31.8. The number of rotatable bonds is 5. The second-order valence-corrected chi connectivity index (χ2v) is 9.84. The number of likely N-dealkylation sites (tertiary alicyclic amines) is 1. The molecule has 2 atom stereocenters. The summed E-state index contributed by atoms with van der Waals surface area (Å²) in [5.41, 5.74) is 2.31. The van der Waals surface area contributed by atoms with E-state index in [-0.39, 0.29) is 17.6 Å². The molecule has 0 saturated carbocycles. The molecule has 1 aliphatic rings. The molecular weight excluding hydrogens is 390 g/mol. The third-order valence-corrected chi connectivity index (χ3v) is 6.99. The van der Waals surface area contributed by atoms with E-state index in [1.165, 1.54) is 23.7 Å². The number of piperidine rings is 1. The zero-order valence-electron chi connectivity index (χ0n) is 17.1. The lowest BCUT2D eigenvalue weighted by Crippen LogP contribution is -2.43. The van der Waals surface area contributed by atoms with E-state index in [9.17, 15) is 9.59 Å². The van der Waals surface area contributed by atoms with Crippen LogP contribution >= 0.6 is 23.1 Å². The lowest BCUT2D eigenvalue weighted by molar-refractivity contribution is -0.130. The van der Waals surface area contributed by atoms with E-state index in [1.54, 1.807) is 11.3 Å². The van der Waals surface area contributed by atoms with Crippen LogP contribution in [0.5, 0.6) is 0 Å². The Hall–Kier alpha value is -1.60. The van der Waals surface area contributed by atoms with Gasteiger partial charge in [0.2, 0.25) is 5.91 Å². The number of thiazole rings is 1. The van der Waals surface area contributed by atoms with Gasteiger partial charge in [-0.3, -0.25) is 9.59 Å². The van der Waals surface area contributed by atoms with Crippen LogP contribution in [0.15, 0.2) is 23.2 Å². The molecule has 5 nitrogen and oxygen atoms in total. The summed E-state index contributed by atoms with van der Waals surface area (Å²) in [6.45, 7) is 11.0. The zero-order chi connectivity index (χ0) is 20.3. The average molecular weight is 420 g/mol. The number of aromatic nitrogens is 1. The highest BCUT2D eigenvalue weighted by Gasteiger charge is 2.25. The highest BCUT2D eigenvalue weighted by molar-refractivity contribution is 8.00. The fourth-order valence-corrected chi connectivity index (χ4v) is 5.80. The Bertz CT molecular complexity index is 921. The van der Waals surface area contributed by atoms with E-state index in [1.807, 2.05) is 4.90 Å². The topological polar surface area (TPSA) is 54.7 Å². The van der Waals surface area contributed by atoms with Crippen molar-refractivity contribution in [2.75, 3.05) is 24.6 Å². The minimum absolute atomic E-state index is 0.136. The van der Waals surface area contributed by atoms with Crippen molar-refractivity contribution in [1.82, 2.24) is 9.47 Å². The molecule has 2 heterocycles. The molecule has 28 heavy (non-hydrogen) atoms. The number of thioether (sulfide) groups is 1. The first-order valence-corrected chi connectivity index (χ1v) is 11.9. The van der Waals surface area contributed by atoms with Crippen molar-refractivity contribution in [2.24, 2.45) is 16.8 Å². The number of hydrogen-bond donors (Lipinski definition) is 0. The second kappa shape index (κ2) is 9.27. The first-order valence-electron chi connectivity index (χ1n) is 9.90. The molecule has 0 N–H and O–H groups in total. The molecule has 3 rings (SSSR count). The fourth-order valence-electron chi connectivity index (χ4n) is 3.89. The molecule has 1 aromatic carbocycles. The molecule has 152 valence electrons. The molecule has 1 aliphatic heterocycles. The van der Waals surface area contributed by atoms with Gasteiger partial charge in [0.05, 0.1) is 21.7 Å². The van der Waals surface area contributed by atoms with Crippen molar-refractivity contribution in [3.63, 3.8) is 0 Å². The molecular formula is C21H29N3O2S2. The number of carbonyl (C=O) groups is 2. The van der Waals surface area contributed by atoms with Crippen LogP contribution in [0.2, 0.25) is 0 Å². The molecule has 7 heteroatoms. The predicted octanol–water partition coefficient (Wildman–Crippen LogP) is 3.70. The van der Waals surface area contributed by atoms with Crippen LogP contribution in [0.1, 0.15) is 32.8 Å². The van der Waals surface area contributed by atoms with Crippen molar-refractivity contribution < 1.29 is 9.59 Å². The van der Waals surface area contributed by atoms with Crippen LogP contribution in [-0.2, 0) is 16.1 Å². The maximum absolute atomic E-state index is 12.4. The van der Waals surface area contributed by atoms with Gasteiger partial charge in [-0.2, -0.15) is 4.99 Å². The molecule has 1 fully saturated rings. The van der Waals surface area contributed by atoms with Crippen LogP contribution in [0.3, 0.4) is 0 Å². The summed E-state index contributed by atoms with van der Waals surface area (Å²) in [5.74, 6) is 1.65. The third kappa shape index (κ3) is 5.06. The number of carbonyl (C=O) groups excluding carboxylic acids is 2. The van der Waals surface area contributed by atoms with Gasteiger partial charge in [-0.1, -0.05) is 31.3 Å². The Balaban J connectivity index is 1.61. The van der Waals surface area contributed by atoms with E-state index < -0.39 is 0 Å². The van der Waals surface area contributed by atoms with Crippen LogP contribution in [-0.4, -0.2) is 45.9 Å². The highest BCUT2D eigenvalue weighted by atomic mass is 32.2. The van der Waals surface area contributed by atoms with E-state index in [0.29, 0.717) is 17.6 Å². The number of amides is 2. The maximum atomic E-state index is 12.4. The zero-order valence-corrected chi connectivity index (χ0v) is 18.7. The van der Waals surface area contributed by atoms with E-state index in [2.05, 4.69) is 55.5 Å². The van der Waals surface area contributed by atoms with Crippen LogP contribution < -0.4 is 4.80 Å². The van der Waals surface area contributed by atoms with Crippen molar-refractivity contribution in [1.29, 1.82) is 0 Å². The van der Waals surface area contributed by atoms with Crippen molar-refractivity contribution >= 4 is 45.1 Å². The van der Waals surface area contributed by atoms with Crippen LogP contribution in [0.4, 0.5) is 0 Å². The van der Waals surface area contributed by atoms with Gasteiger partial charge in [0.1, 0.15) is 0 Å². The van der Waals surface area contributed by atoms with Crippen molar-refractivity contribution in [2.45, 2.75) is 40.7 Å². The van der Waals surface area contributed by atoms with Gasteiger partial charge in [-0.15, -0.1) is 11.8 Å². The first kappa shape index (κ1) is 21.1. The fraction of sp³-hybridized carbons (Fsp3) is 0.571. The number of benzene rings is 1. The van der Waals surface area contributed by atoms with Crippen molar-refractivity contribution in [3.8, 4) is 0 Å². The highest BCUT2D eigenvalue weighted by Crippen LogP contribution is 2.22. The Morgan fingerprint density at radius 1 is 1.21 bits per heavy atom. The predicted molar refractivity (Wildman–Crippen MR) is 118 cm³/mol. The molecule has 1 aromatic heterocycles. The quantitative estimate of drug-likeness (QED) is 0.743. The Morgan fingerprint density at radius 3 is 2.61 bits per heavy atom. The van der Waals surface area contributed by atoms with E-state index in [4.69, 9.17) is 0 Å². The number of hydrogen-bond acceptors (Lipinski definition) is 4. The van der Waals surface area contributed by atoms with Gasteiger partial charge in [0.15, 0.2) is 4.80 Å². The Morgan fingerprint density at radius 2 is 1.93 bits per heavy atom. The summed E-state index contributed by atoms with van der Waals surface area (Å²) < 4.78 is 3.22. The lowest BCUT2D eigenvalue weighted by atomic mass is 9.92. The minimum atomic E-state index is -0.177. The van der Waals surface area contributed by atoms with Crippen LogP contribution in [0, 0.1) is 18.8 Å². The molecule has 0 aliphatic carbocycles. The lowest BCUT2D eigenvalue weighted by Gasteiger charge is -2.35. The molecule has 0 radical (unpaired) electrons. The summed E-state index contributed by atoms with van der Waals surface area (Å²) >= 11 is 2.91. The third-order valence-electron chi connectivity index (χ3n) is 5.05. The van der Waals surface area contributed by atoms with Crippen LogP contribution in [0.25, 0.3) is 10.2 Å². The Kier molecular flexibility index (Phi) is 6.99. The monoisotopic (exact) mass is 419 g/mol. The summed E-state index contributed by atoms with van der Waals surface area (Å²) in [7, 11) is 0. The van der Waals surface area contributed by atoms with Gasteiger partial charge in [-0.25, -0.2) is 0 Å². The molecule has 0 unspecified atom stereocenters. The smallest absolute Gasteiger partial charge is 0.258 e. The van der Waals surface area contributed by atoms with Gasteiger partial charge in [0.25, 0.3) is 5.91 Å². The minimum Gasteiger partial charge on any atom is -0.341 e. The van der Waals surface area contributed by atoms with E-state index >= 15 is 0 Å². The number of aryl methyl sites for hydroxylation is 2. The first-order chi connectivity index (χ1) is 13.4. The second-order valence-electron chi connectivity index (χ2n) is 7.84. The standard InChI is InChI=1S/C21H29N3O2S2/c1-5-24-17-7-6-14(2)9-18(17)28-21(24)22-19(25)12-27-13-20(26)23-10-15(3)8-16(4)11-23/h6-7,9,15-16H,5,8,10-13H2,1-4H3/t15-,16-/m1/s1. The maximum Gasteiger partial charge on any atom is 0.258 e. The van der Waals surface area contributed by atoms with E-state index in [0.717, 1.165) is 34.7 Å². The molecule has 0 bridgehead atoms. The molecule has 0 spiro atoms.